The molecule has 1 amide bonds. The summed E-state index contributed by atoms with van der Waals surface area (Å²) in [4.78, 5) is 14.9. The molecule has 0 aromatic heterocycles. The van der Waals surface area contributed by atoms with E-state index < -0.39 is 5.60 Å². The Labute approximate surface area is 137 Å². The van der Waals surface area contributed by atoms with Crippen LogP contribution in [-0.2, 0) is 4.74 Å². The van der Waals surface area contributed by atoms with Gasteiger partial charge in [-0.15, -0.1) is 11.8 Å². The zero-order valence-corrected chi connectivity index (χ0v) is 14.9. The lowest BCUT2D eigenvalue weighted by Crippen LogP contribution is -2.38. The van der Waals surface area contributed by atoms with Gasteiger partial charge in [0.15, 0.2) is 0 Å². The first-order valence-electron chi connectivity index (χ1n) is 7.42. The zero-order chi connectivity index (χ0) is 16.8. The molecule has 0 saturated carbocycles. The molecule has 124 valence electrons. The average Bonchev–Trinajstić information content (AvgIpc) is 2.41. The van der Waals surface area contributed by atoms with Gasteiger partial charge in [-0.05, 0) is 52.1 Å². The lowest BCUT2D eigenvalue weighted by Gasteiger charge is -2.25. The Kier molecular flexibility index (Phi) is 6.87. The molecule has 0 spiro atoms. The molecule has 1 aromatic carbocycles. The van der Waals surface area contributed by atoms with Gasteiger partial charge < -0.3 is 20.7 Å². The van der Waals surface area contributed by atoms with E-state index >= 15 is 0 Å². The second kappa shape index (κ2) is 8.17. The number of amides is 1. The molecule has 0 heterocycles. The fourth-order valence-corrected chi connectivity index (χ4v) is 2.49. The molecule has 6 heteroatoms. The Morgan fingerprint density at radius 2 is 2.09 bits per heavy atom. The molecule has 0 radical (unpaired) electrons. The van der Waals surface area contributed by atoms with E-state index in [1.807, 2.05) is 39.2 Å². The van der Waals surface area contributed by atoms with Crippen LogP contribution < -0.4 is 16.0 Å². The second-order valence-corrected chi connectivity index (χ2v) is 6.78. The molecule has 0 saturated heterocycles. The molecule has 1 aromatic rings. The second-order valence-electron chi connectivity index (χ2n) is 5.93. The van der Waals surface area contributed by atoms with E-state index in [1.165, 1.54) is 0 Å². The van der Waals surface area contributed by atoms with E-state index in [1.54, 1.807) is 11.8 Å². The molecule has 0 fully saturated rings. The first-order valence-corrected chi connectivity index (χ1v) is 8.64. The number of carbonyl (C=O) groups is 1. The summed E-state index contributed by atoms with van der Waals surface area (Å²) in [5.41, 5.74) is 7.40. The number of likely N-dealkylation sites (N-methyl/N-ethyl adjacent to an activating group) is 1. The van der Waals surface area contributed by atoms with Crippen molar-refractivity contribution in [3.63, 3.8) is 0 Å². The van der Waals surface area contributed by atoms with Gasteiger partial charge in [0, 0.05) is 35.9 Å². The highest BCUT2D eigenvalue weighted by atomic mass is 32.2. The largest absolute Gasteiger partial charge is 0.444 e. The van der Waals surface area contributed by atoms with Crippen LogP contribution in [-0.4, -0.2) is 37.6 Å². The van der Waals surface area contributed by atoms with Crippen LogP contribution in [0.2, 0.25) is 0 Å². The van der Waals surface area contributed by atoms with Crippen molar-refractivity contribution in [3.8, 4) is 0 Å². The number of nitrogen functional groups attached to an aromatic ring is 1. The van der Waals surface area contributed by atoms with Gasteiger partial charge in [0.2, 0.25) is 0 Å². The number of nitrogens with one attached hydrogen (secondary N) is 1. The maximum Gasteiger partial charge on any atom is 0.407 e. The highest BCUT2D eigenvalue weighted by Gasteiger charge is 2.16. The Morgan fingerprint density at radius 1 is 1.41 bits per heavy atom. The van der Waals surface area contributed by atoms with Crippen LogP contribution >= 0.6 is 11.8 Å². The van der Waals surface area contributed by atoms with Gasteiger partial charge in [-0.3, -0.25) is 0 Å². The summed E-state index contributed by atoms with van der Waals surface area (Å²) < 4.78 is 5.22. The maximum atomic E-state index is 11.6. The predicted molar refractivity (Wildman–Crippen MR) is 94.8 cm³/mol. The van der Waals surface area contributed by atoms with E-state index in [2.05, 4.69) is 23.2 Å². The van der Waals surface area contributed by atoms with Crippen LogP contribution in [0.3, 0.4) is 0 Å². The molecule has 0 aliphatic rings. The molecule has 5 nitrogen and oxygen atoms in total. The molecule has 3 N–H and O–H groups in total. The minimum atomic E-state index is -0.476. The topological polar surface area (TPSA) is 67.6 Å². The van der Waals surface area contributed by atoms with Crippen LogP contribution in [0.15, 0.2) is 23.1 Å². The van der Waals surface area contributed by atoms with E-state index in [-0.39, 0.29) is 6.09 Å². The van der Waals surface area contributed by atoms with Crippen molar-refractivity contribution in [2.75, 3.05) is 36.5 Å². The number of hydrogen-bond acceptors (Lipinski definition) is 5. The minimum Gasteiger partial charge on any atom is -0.444 e. The Hall–Kier alpha value is -1.56. The van der Waals surface area contributed by atoms with Crippen LogP contribution in [0.4, 0.5) is 16.2 Å². The summed E-state index contributed by atoms with van der Waals surface area (Å²) in [5, 5.41) is 2.77. The molecule has 1 rings (SSSR count). The number of anilines is 2. The highest BCUT2D eigenvalue weighted by Crippen LogP contribution is 2.27. The minimum absolute atomic E-state index is 0.388. The molecule has 0 atom stereocenters. The number of nitrogens with zero attached hydrogens (tertiary/aromatic N) is 1. The number of thioether (sulfide) groups is 1. The summed E-state index contributed by atoms with van der Waals surface area (Å²) in [6.45, 7) is 9.68. The Bertz CT molecular complexity index is 501. The van der Waals surface area contributed by atoms with Gasteiger partial charge in [0.05, 0.1) is 0 Å². The first-order chi connectivity index (χ1) is 10.3. The van der Waals surface area contributed by atoms with Gasteiger partial charge in [-0.25, -0.2) is 4.79 Å². The number of nitrogens with two attached hydrogens (primary N) is 1. The number of alkyl carbamates (subject to hydrolysis) is 1. The Morgan fingerprint density at radius 3 is 2.59 bits per heavy atom. The summed E-state index contributed by atoms with van der Waals surface area (Å²) in [6.07, 6.45) is 1.62. The zero-order valence-electron chi connectivity index (χ0n) is 14.1. The number of hydrogen-bond donors (Lipinski definition) is 2. The third kappa shape index (κ3) is 6.05. The maximum absolute atomic E-state index is 11.6. The van der Waals surface area contributed by atoms with Crippen LogP contribution in [0.25, 0.3) is 0 Å². The van der Waals surface area contributed by atoms with Crippen LogP contribution in [0, 0.1) is 0 Å². The number of benzene rings is 1. The fourth-order valence-electron chi connectivity index (χ4n) is 2.00. The van der Waals surface area contributed by atoms with E-state index in [9.17, 15) is 4.79 Å². The average molecular weight is 325 g/mol. The Balaban J connectivity index is 2.55. The van der Waals surface area contributed by atoms with Crippen LogP contribution in [0.1, 0.15) is 27.7 Å². The smallest absolute Gasteiger partial charge is 0.407 e. The number of ether oxygens (including phenoxy) is 1. The summed E-state index contributed by atoms with van der Waals surface area (Å²) in [5.74, 6) is 0. The van der Waals surface area contributed by atoms with Crippen molar-refractivity contribution in [1.82, 2.24) is 5.32 Å². The van der Waals surface area contributed by atoms with Gasteiger partial charge in [-0.2, -0.15) is 0 Å². The molecular weight excluding hydrogens is 298 g/mol. The number of rotatable bonds is 6. The van der Waals surface area contributed by atoms with Crippen molar-refractivity contribution < 1.29 is 9.53 Å². The van der Waals surface area contributed by atoms with Gasteiger partial charge in [0.25, 0.3) is 0 Å². The van der Waals surface area contributed by atoms with E-state index in [0.29, 0.717) is 13.1 Å². The SMILES string of the molecule is CCN(CCNC(=O)OC(C)(C)C)c1ccc(SC)c(N)c1. The quantitative estimate of drug-likeness (QED) is 0.620. The van der Waals surface area contributed by atoms with Crippen molar-refractivity contribution in [1.29, 1.82) is 0 Å². The molecule has 0 aliphatic carbocycles. The highest BCUT2D eigenvalue weighted by molar-refractivity contribution is 7.98. The summed E-state index contributed by atoms with van der Waals surface area (Å²) >= 11 is 1.63. The molecule has 0 aliphatic heterocycles. The normalized spacial score (nSPS) is 11.1. The third-order valence-corrected chi connectivity index (χ3v) is 3.82. The van der Waals surface area contributed by atoms with Gasteiger partial charge in [-0.1, -0.05) is 0 Å². The third-order valence-electron chi connectivity index (χ3n) is 3.01. The molecule has 22 heavy (non-hydrogen) atoms. The van der Waals surface area contributed by atoms with Crippen molar-refractivity contribution in [2.45, 2.75) is 38.2 Å². The van der Waals surface area contributed by atoms with Gasteiger partial charge in [0.1, 0.15) is 5.60 Å². The first kappa shape index (κ1) is 18.5. The van der Waals surface area contributed by atoms with Crippen molar-refractivity contribution >= 4 is 29.2 Å². The van der Waals surface area contributed by atoms with E-state index in [4.69, 9.17) is 10.5 Å². The summed E-state index contributed by atoms with van der Waals surface area (Å²) in [6, 6.07) is 6.06. The lowest BCUT2D eigenvalue weighted by atomic mass is 10.2. The monoisotopic (exact) mass is 325 g/mol. The van der Waals surface area contributed by atoms with Crippen molar-refractivity contribution in [3.05, 3.63) is 18.2 Å². The van der Waals surface area contributed by atoms with Crippen LogP contribution in [0.5, 0.6) is 0 Å². The predicted octanol–water partition coefficient (Wildman–Crippen LogP) is 3.34. The summed E-state index contributed by atoms with van der Waals surface area (Å²) in [7, 11) is 0. The fraction of sp³-hybridized carbons (Fsp3) is 0.562. The molecule has 0 unspecified atom stereocenters. The number of carbonyl (C=O) groups excluding carboxylic acids is 1. The molecular formula is C16H27N3O2S. The van der Waals surface area contributed by atoms with E-state index in [0.717, 1.165) is 22.8 Å². The lowest BCUT2D eigenvalue weighted by molar-refractivity contribution is 0.0529. The standard InChI is InChI=1S/C16H27N3O2S/c1-6-19(10-9-18-15(20)21-16(2,3)4)12-7-8-14(22-5)13(17)11-12/h7-8,11H,6,9-10,17H2,1-5H3,(H,18,20). The van der Waals surface area contributed by atoms with Crippen molar-refractivity contribution in [2.24, 2.45) is 0 Å². The van der Waals surface area contributed by atoms with Gasteiger partial charge >= 0.3 is 6.09 Å². The molecule has 0 bridgehead atoms.